The number of ether oxygens (including phenoxy) is 1. The fourth-order valence-electron chi connectivity index (χ4n) is 4.35. The van der Waals surface area contributed by atoms with Crippen LogP contribution < -0.4 is 4.74 Å². The number of nitrogens with zero attached hydrogens (tertiary/aromatic N) is 1. The molecule has 1 aromatic rings. The molecule has 2 fully saturated rings. The van der Waals surface area contributed by atoms with Gasteiger partial charge in [0.1, 0.15) is 29.3 Å². The number of Topliss-reactive ketones (excluding diaryl/α,β-unsaturated/α-hetero) is 2. The Morgan fingerprint density at radius 1 is 1.19 bits per heavy atom. The van der Waals surface area contributed by atoms with Crippen LogP contribution in [-0.2, 0) is 14.4 Å². The first kappa shape index (κ1) is 28.0. The van der Waals surface area contributed by atoms with Crippen LogP contribution in [0.5, 0.6) is 5.75 Å². The maximum absolute atomic E-state index is 12.9. The first-order valence-corrected chi connectivity index (χ1v) is 12.7. The van der Waals surface area contributed by atoms with Gasteiger partial charge in [0, 0.05) is 17.9 Å². The van der Waals surface area contributed by atoms with Crippen molar-refractivity contribution in [2.45, 2.75) is 58.5 Å². The van der Waals surface area contributed by atoms with E-state index >= 15 is 0 Å². The topological polar surface area (TPSA) is 65.0 Å². The van der Waals surface area contributed by atoms with Gasteiger partial charge in [0.25, 0.3) is 0 Å². The van der Waals surface area contributed by atoms with E-state index < -0.39 is 5.92 Å². The fraction of sp³-hybridized carbons (Fsp3) is 0.625. The number of hydrogen-bond acceptors (Lipinski definition) is 6. The third-order valence-corrected chi connectivity index (χ3v) is 7.41. The van der Waals surface area contributed by atoms with Crippen molar-refractivity contribution in [2.75, 3.05) is 18.1 Å². The van der Waals surface area contributed by atoms with Crippen LogP contribution in [0.25, 0.3) is 0 Å². The van der Waals surface area contributed by atoms with Gasteiger partial charge in [0.05, 0.1) is 5.71 Å². The molecule has 3 rings (SSSR count). The molecule has 0 N–H and O–H groups in total. The van der Waals surface area contributed by atoms with E-state index in [1.807, 2.05) is 25.6 Å². The van der Waals surface area contributed by atoms with Crippen molar-refractivity contribution in [3.8, 4) is 5.75 Å². The average molecular weight is 508 g/mol. The van der Waals surface area contributed by atoms with E-state index in [4.69, 9.17) is 21.2 Å². The Bertz CT molecular complexity index is 765. The fourth-order valence-corrected chi connectivity index (χ4v) is 5.76. The number of benzene rings is 1. The van der Waals surface area contributed by atoms with Crippen LogP contribution >= 0.6 is 23.4 Å². The van der Waals surface area contributed by atoms with E-state index in [0.717, 1.165) is 18.6 Å². The summed E-state index contributed by atoms with van der Waals surface area (Å²) in [6.45, 7) is 4.13. The average Bonchev–Trinajstić information content (AvgIpc) is 2.75. The van der Waals surface area contributed by atoms with E-state index in [-0.39, 0.29) is 67.9 Å². The maximum atomic E-state index is 12.9. The predicted octanol–water partition coefficient (Wildman–Crippen LogP) is 4.67. The molecule has 5 nitrogen and oxygen atoms in total. The number of hydrogen-bond donors (Lipinski definition) is 0. The summed E-state index contributed by atoms with van der Waals surface area (Å²) in [5, 5.41) is 4.89. The normalized spacial score (nSPS) is 25.1. The standard InChI is InChI=1S/C24H32ClNO4S.Ca.2H/c1-3-5-21(26-29-14-16(2)30-20-9-7-19(25)8-10-20)24-22(27)12-18(13-23(24)28)17-6-4-11-31-15-17;;;/h7-10,16-18,24H,3-6,11-15H2,1-2H3;;;. The van der Waals surface area contributed by atoms with Crippen molar-refractivity contribution in [1.82, 2.24) is 0 Å². The van der Waals surface area contributed by atoms with Gasteiger partial charge in [-0.05, 0) is 73.8 Å². The Labute approximate surface area is 230 Å². The van der Waals surface area contributed by atoms with Gasteiger partial charge < -0.3 is 9.57 Å². The quantitative estimate of drug-likeness (QED) is 0.210. The molecule has 32 heavy (non-hydrogen) atoms. The molecule has 1 heterocycles. The van der Waals surface area contributed by atoms with Gasteiger partial charge >= 0.3 is 37.7 Å². The summed E-state index contributed by atoms with van der Waals surface area (Å²) in [6.07, 6.45) is 4.44. The van der Waals surface area contributed by atoms with E-state index in [1.165, 1.54) is 12.2 Å². The number of carbonyl (C=O) groups is 2. The van der Waals surface area contributed by atoms with E-state index in [9.17, 15) is 9.59 Å². The van der Waals surface area contributed by atoms with Gasteiger partial charge in [-0.2, -0.15) is 11.8 Å². The molecule has 174 valence electrons. The number of oxime groups is 1. The summed E-state index contributed by atoms with van der Waals surface area (Å²) in [6, 6.07) is 7.12. The summed E-state index contributed by atoms with van der Waals surface area (Å²) in [4.78, 5) is 31.4. The zero-order valence-electron chi connectivity index (χ0n) is 18.3. The Morgan fingerprint density at radius 3 is 2.47 bits per heavy atom. The van der Waals surface area contributed by atoms with Gasteiger partial charge in [0.2, 0.25) is 0 Å². The zero-order valence-corrected chi connectivity index (χ0v) is 19.9. The Hall–Kier alpha value is -0.270. The molecule has 0 spiro atoms. The van der Waals surface area contributed by atoms with Crippen LogP contribution in [0.1, 0.15) is 52.4 Å². The van der Waals surface area contributed by atoms with Crippen molar-refractivity contribution in [3.63, 3.8) is 0 Å². The number of rotatable bonds is 9. The molecular formula is C24H34CaClNO4S. The van der Waals surface area contributed by atoms with Gasteiger partial charge in [0.15, 0.2) is 6.61 Å². The predicted molar refractivity (Wildman–Crippen MR) is 135 cm³/mol. The molecule has 0 bridgehead atoms. The molecule has 1 saturated heterocycles. The van der Waals surface area contributed by atoms with Crippen LogP contribution in [0.15, 0.2) is 29.4 Å². The molecular weight excluding hydrogens is 474 g/mol. The second kappa shape index (κ2) is 14.2. The van der Waals surface area contributed by atoms with Gasteiger partial charge in [-0.1, -0.05) is 30.1 Å². The summed E-state index contributed by atoms with van der Waals surface area (Å²) < 4.78 is 5.79. The minimum absolute atomic E-state index is 0. The summed E-state index contributed by atoms with van der Waals surface area (Å²) in [5.41, 5.74) is 0.563. The zero-order chi connectivity index (χ0) is 22.2. The second-order valence-corrected chi connectivity index (χ2v) is 10.1. The summed E-state index contributed by atoms with van der Waals surface area (Å²) in [5.74, 6) is 2.93. The van der Waals surface area contributed by atoms with Crippen molar-refractivity contribution >= 4 is 78.4 Å². The SMILES string of the molecule is CCCC(=NOCC(C)Oc1ccc(Cl)cc1)C1C(=O)CC(C2CCCSC2)CC1=O.[CaH2]. The summed E-state index contributed by atoms with van der Waals surface area (Å²) >= 11 is 7.84. The van der Waals surface area contributed by atoms with Crippen LogP contribution in [0.3, 0.4) is 0 Å². The number of thioether (sulfide) groups is 1. The van der Waals surface area contributed by atoms with Gasteiger partial charge in [-0.15, -0.1) is 0 Å². The van der Waals surface area contributed by atoms with Crippen LogP contribution in [0, 0.1) is 17.8 Å². The molecule has 0 radical (unpaired) electrons. The first-order chi connectivity index (χ1) is 15.0. The number of ketones is 2. The Kier molecular flexibility index (Phi) is 12.4. The van der Waals surface area contributed by atoms with Crippen LogP contribution in [0.2, 0.25) is 5.02 Å². The Balaban J connectivity index is 0.00000363. The van der Waals surface area contributed by atoms with E-state index in [2.05, 4.69) is 5.16 Å². The molecule has 8 heteroatoms. The number of halogens is 1. The van der Waals surface area contributed by atoms with E-state index in [0.29, 0.717) is 41.7 Å². The third kappa shape index (κ3) is 8.19. The van der Waals surface area contributed by atoms with Crippen molar-refractivity contribution in [1.29, 1.82) is 0 Å². The molecule has 2 atom stereocenters. The van der Waals surface area contributed by atoms with Crippen molar-refractivity contribution in [2.24, 2.45) is 22.9 Å². The molecule has 1 aromatic carbocycles. The van der Waals surface area contributed by atoms with Crippen LogP contribution in [0.4, 0.5) is 0 Å². The Morgan fingerprint density at radius 2 is 1.88 bits per heavy atom. The third-order valence-electron chi connectivity index (χ3n) is 5.91. The van der Waals surface area contributed by atoms with Crippen molar-refractivity contribution < 1.29 is 19.2 Å². The van der Waals surface area contributed by atoms with Gasteiger partial charge in [-0.3, -0.25) is 9.59 Å². The molecule has 1 aliphatic carbocycles. The number of carbonyl (C=O) groups excluding carboxylic acids is 2. The second-order valence-electron chi connectivity index (χ2n) is 8.52. The van der Waals surface area contributed by atoms with E-state index in [1.54, 1.807) is 24.3 Å². The summed E-state index contributed by atoms with van der Waals surface area (Å²) in [7, 11) is 0. The molecule has 2 aliphatic rings. The first-order valence-electron chi connectivity index (χ1n) is 11.2. The van der Waals surface area contributed by atoms with Crippen LogP contribution in [-0.4, -0.2) is 79.2 Å². The molecule has 1 aliphatic heterocycles. The molecule has 1 saturated carbocycles. The molecule has 0 amide bonds. The van der Waals surface area contributed by atoms with Gasteiger partial charge in [-0.25, -0.2) is 0 Å². The van der Waals surface area contributed by atoms with Crippen molar-refractivity contribution in [3.05, 3.63) is 29.3 Å². The molecule has 0 aromatic heterocycles. The molecule has 2 unspecified atom stereocenters. The monoisotopic (exact) mass is 507 g/mol. The minimum atomic E-state index is -0.736.